The van der Waals surface area contributed by atoms with Crippen LogP contribution in [0, 0.1) is 17.1 Å². The number of hydrogen-bond acceptors (Lipinski definition) is 15. The Morgan fingerprint density at radius 1 is 0.945 bits per heavy atom. The fourth-order valence-corrected chi connectivity index (χ4v) is 11.4. The minimum atomic E-state index is -0.471. The third-order valence-corrected chi connectivity index (χ3v) is 15.5. The van der Waals surface area contributed by atoms with Crippen LogP contribution in [-0.4, -0.2) is 156 Å². The molecule has 3 atom stereocenters. The number of carbonyl (C=O) groups is 1. The molecule has 73 heavy (non-hydrogen) atoms. The summed E-state index contributed by atoms with van der Waals surface area (Å²) in [5.41, 5.74) is 5.39. The Morgan fingerprint density at radius 2 is 1.74 bits per heavy atom. The van der Waals surface area contributed by atoms with Gasteiger partial charge in [0.15, 0.2) is 5.82 Å². The molecule has 380 valence electrons. The minimum absolute atomic E-state index is 0.00274. The maximum Gasteiger partial charge on any atom is 0.319 e. The average molecular weight is 1010 g/mol. The van der Waals surface area contributed by atoms with Crippen molar-refractivity contribution < 1.29 is 29.2 Å². The second-order valence-electron chi connectivity index (χ2n) is 19.9. The number of rotatable bonds is 13. The summed E-state index contributed by atoms with van der Waals surface area (Å²) < 4.78 is 22.9. The molecule has 19 heteroatoms. The van der Waals surface area contributed by atoms with Crippen LogP contribution in [0.15, 0.2) is 79.4 Å². The van der Waals surface area contributed by atoms with Crippen LogP contribution in [0.25, 0.3) is 27.8 Å². The van der Waals surface area contributed by atoms with E-state index in [2.05, 4.69) is 54.4 Å². The van der Waals surface area contributed by atoms with Gasteiger partial charge in [0.1, 0.15) is 29.7 Å². The number of nitrogens with zero attached hydrogens (tertiary/aromatic N) is 12. The van der Waals surface area contributed by atoms with Gasteiger partial charge < -0.3 is 34.8 Å². The van der Waals surface area contributed by atoms with Gasteiger partial charge in [0.05, 0.1) is 47.0 Å². The quantitative estimate of drug-likeness (QED) is 0.102. The van der Waals surface area contributed by atoms with E-state index >= 15 is 0 Å². The van der Waals surface area contributed by atoms with Gasteiger partial charge in [-0.2, -0.15) is 15.2 Å². The maximum absolute atomic E-state index is 14.9. The molecule has 1 amide bonds. The fraction of sp³-hybridized carbons (Fsp3) is 0.407. The molecular formula is C54H60ClFN12O5. The summed E-state index contributed by atoms with van der Waals surface area (Å²) in [4.78, 5) is 36.4. The number of aromatic hydroxyl groups is 3. The van der Waals surface area contributed by atoms with Gasteiger partial charge in [-0.1, -0.05) is 67.5 Å². The summed E-state index contributed by atoms with van der Waals surface area (Å²) in [5, 5.41) is 51.3. The van der Waals surface area contributed by atoms with Gasteiger partial charge in [-0.25, -0.2) is 8.96 Å². The van der Waals surface area contributed by atoms with Crippen LogP contribution < -0.4 is 14.5 Å². The van der Waals surface area contributed by atoms with Crippen LogP contribution in [0.1, 0.15) is 55.0 Å². The second kappa shape index (κ2) is 20.8. The molecule has 0 aliphatic carbocycles. The number of likely N-dealkylation sites (tertiary alicyclic amines) is 1. The standard InChI is InChI=1S/C54H60ClFN12O5/c1-5-48(71)67-24-23-66(30-37(67)15-17-57)51-40-16-18-65(45-8-6-7-35-11-14-43(56)50(55)49(35)45)31-44(40)58-53(59-51)73-32-39-25-38(29-62(39)4)64-21-19-63(20-22-64)28-34-9-12-36(13-10-34)68-52(60-61-54(68)72)42-26-41(33(2)3)46(69)27-47(42)70/h5-14,26-27,33,37-39,69-70H,1,15-16,18-25,28-32H2,2-4H3,(H,61,72)/t37-,38-,39-/m0/s1. The molecule has 0 radical (unpaired) electrons. The Hall–Kier alpha value is -7.04. The lowest BCUT2D eigenvalue weighted by Gasteiger charge is -2.42. The number of phenols is 2. The topological polar surface area (TPSA) is 187 Å². The van der Waals surface area contributed by atoms with Gasteiger partial charge in [-0.05, 0) is 78.7 Å². The molecule has 3 N–H and O–H groups in total. The highest BCUT2D eigenvalue weighted by Crippen LogP contribution is 2.41. The van der Waals surface area contributed by atoms with Gasteiger partial charge >= 0.3 is 12.0 Å². The lowest BCUT2D eigenvalue weighted by atomic mass is 9.98. The van der Waals surface area contributed by atoms with E-state index in [1.54, 1.807) is 17.0 Å². The number of piperazine rings is 2. The zero-order valence-electron chi connectivity index (χ0n) is 41.3. The summed E-state index contributed by atoms with van der Waals surface area (Å²) in [7, 11) is 2.14. The highest BCUT2D eigenvalue weighted by molar-refractivity contribution is 6.36. The van der Waals surface area contributed by atoms with Crippen molar-refractivity contribution in [1.29, 1.82) is 5.26 Å². The van der Waals surface area contributed by atoms with Gasteiger partial charge in [0.2, 0.25) is 5.91 Å². The van der Waals surface area contributed by atoms with Crippen LogP contribution in [0.3, 0.4) is 0 Å². The lowest BCUT2D eigenvalue weighted by Crippen LogP contribution is -2.55. The zero-order chi connectivity index (χ0) is 51.1. The molecule has 4 aliphatic heterocycles. The molecule has 4 aliphatic rings. The summed E-state index contributed by atoms with van der Waals surface area (Å²) in [5.74, 6) is 0.176. The highest BCUT2D eigenvalue weighted by Gasteiger charge is 2.37. The average Bonchev–Trinajstić information content (AvgIpc) is 3.97. The predicted molar refractivity (Wildman–Crippen MR) is 277 cm³/mol. The molecule has 0 saturated carbocycles. The van der Waals surface area contributed by atoms with E-state index in [1.807, 2.05) is 56.3 Å². The van der Waals surface area contributed by atoms with E-state index in [-0.39, 0.29) is 64.7 Å². The number of fused-ring (bicyclic) bond motifs is 2. The first-order chi connectivity index (χ1) is 35.3. The molecule has 10 rings (SSSR count). The Kier molecular flexibility index (Phi) is 14.1. The first-order valence-electron chi connectivity index (χ1n) is 24.9. The van der Waals surface area contributed by atoms with Crippen LogP contribution in [0.4, 0.5) is 15.9 Å². The minimum Gasteiger partial charge on any atom is -0.508 e. The van der Waals surface area contributed by atoms with Crippen molar-refractivity contribution in [2.75, 3.05) is 82.4 Å². The molecule has 2 aromatic heterocycles. The van der Waals surface area contributed by atoms with Gasteiger partial charge in [-0.15, -0.1) is 5.10 Å². The van der Waals surface area contributed by atoms with Gasteiger partial charge in [0, 0.05) is 100 Å². The molecule has 3 saturated heterocycles. The molecule has 6 heterocycles. The van der Waals surface area contributed by atoms with E-state index in [1.165, 1.54) is 22.8 Å². The summed E-state index contributed by atoms with van der Waals surface area (Å²) in [6.07, 6.45) is 3.01. The summed E-state index contributed by atoms with van der Waals surface area (Å²) in [6, 6.07) is 22.2. The number of hydrogen-bond donors (Lipinski definition) is 3. The number of halogens is 2. The van der Waals surface area contributed by atoms with Crippen molar-refractivity contribution in [3.05, 3.63) is 113 Å². The van der Waals surface area contributed by atoms with E-state index < -0.39 is 5.82 Å². The normalized spacial score (nSPS) is 19.9. The zero-order valence-corrected chi connectivity index (χ0v) is 42.1. The van der Waals surface area contributed by atoms with Crippen molar-refractivity contribution in [2.24, 2.45) is 0 Å². The number of ether oxygens (including phenoxy) is 1. The first-order valence-corrected chi connectivity index (χ1v) is 25.3. The van der Waals surface area contributed by atoms with E-state index in [9.17, 15) is 29.8 Å². The van der Waals surface area contributed by atoms with Crippen molar-refractivity contribution in [3.63, 3.8) is 0 Å². The van der Waals surface area contributed by atoms with Crippen molar-refractivity contribution in [1.82, 2.24) is 44.3 Å². The number of benzene rings is 4. The molecule has 4 aromatic carbocycles. The molecule has 6 aromatic rings. The van der Waals surface area contributed by atoms with E-state index in [4.69, 9.17) is 26.3 Å². The predicted octanol–water partition coefficient (Wildman–Crippen LogP) is 6.86. The molecule has 0 spiro atoms. The molecule has 0 unspecified atom stereocenters. The monoisotopic (exact) mass is 1010 g/mol. The highest BCUT2D eigenvalue weighted by atomic mass is 35.5. The number of aromatic nitrogens is 5. The largest absolute Gasteiger partial charge is 0.508 e. The Balaban J connectivity index is 0.797. The number of amides is 1. The number of carbonyl (C=O) groups excluding carboxylic acids is 1. The smallest absolute Gasteiger partial charge is 0.319 e. The van der Waals surface area contributed by atoms with Crippen molar-refractivity contribution >= 4 is 39.8 Å². The second-order valence-corrected chi connectivity index (χ2v) is 20.3. The molecule has 3 fully saturated rings. The third-order valence-electron chi connectivity index (χ3n) is 15.1. The lowest BCUT2D eigenvalue weighted by molar-refractivity contribution is -0.128. The van der Waals surface area contributed by atoms with Crippen molar-refractivity contribution in [3.8, 4) is 46.7 Å². The third kappa shape index (κ3) is 9.94. The summed E-state index contributed by atoms with van der Waals surface area (Å²) >= 11 is 6.61. The van der Waals surface area contributed by atoms with Crippen LogP contribution in [0.5, 0.6) is 23.5 Å². The van der Waals surface area contributed by atoms with E-state index in [0.717, 1.165) is 79.4 Å². The Labute approximate surface area is 428 Å². The summed E-state index contributed by atoms with van der Waals surface area (Å²) in [6.45, 7) is 15.7. The van der Waals surface area contributed by atoms with Crippen LogP contribution in [-0.2, 0) is 24.3 Å². The van der Waals surface area contributed by atoms with Gasteiger partial charge in [-0.3, -0.25) is 19.5 Å². The first kappa shape index (κ1) is 49.5. The van der Waals surface area contributed by atoms with Gasteiger partial charge in [0.25, 0.3) is 0 Å². The number of phenolic OH excluding ortho intramolecular Hbond substituents is 2. The number of anilines is 2. The van der Waals surface area contributed by atoms with Crippen LogP contribution in [0.2, 0.25) is 5.02 Å². The van der Waals surface area contributed by atoms with E-state index in [0.29, 0.717) is 74.0 Å². The van der Waals surface area contributed by atoms with Crippen LogP contribution >= 0.6 is 11.6 Å². The molecule has 0 bridgehead atoms. The molecular weight excluding hydrogens is 951 g/mol. The maximum atomic E-state index is 14.9. The number of likely N-dealkylation sites (N-methyl/N-ethyl adjacent to an activating group) is 1. The molecule has 17 nitrogen and oxygen atoms in total. The SMILES string of the molecule is C=CC(=O)N1CCN(c2nc(OC[C@@H]3C[C@H](N4CCN(Cc5ccc(-n6c(O)nnc6-c6cc(C(C)C)c(O)cc6O)cc5)CC4)CN3C)nc3c2CCN(c2cccc4ccc(F)c(Cl)c24)C3)C[C@@H]1CC#N. The number of nitriles is 1. The van der Waals surface area contributed by atoms with Crippen molar-refractivity contribution in [2.45, 2.75) is 70.2 Å². The Bertz CT molecular complexity index is 3080. The Morgan fingerprint density at radius 3 is 2.49 bits per heavy atom. The fourth-order valence-electron chi connectivity index (χ4n) is 11.1.